The highest BCUT2D eigenvalue weighted by molar-refractivity contribution is 6.31. The summed E-state index contributed by atoms with van der Waals surface area (Å²) in [6, 6.07) is 4.87. The lowest BCUT2D eigenvalue weighted by Gasteiger charge is -2.13. The zero-order valence-electron chi connectivity index (χ0n) is 21.8. The van der Waals surface area contributed by atoms with Crippen molar-refractivity contribution in [1.29, 1.82) is 0 Å². The second-order valence-electron chi connectivity index (χ2n) is 7.78. The van der Waals surface area contributed by atoms with E-state index in [0.29, 0.717) is 34.2 Å². The van der Waals surface area contributed by atoms with Crippen molar-refractivity contribution in [2.75, 3.05) is 7.11 Å². The average molecular weight is 513 g/mol. The highest BCUT2D eigenvalue weighted by atomic mass is 35.5. The number of halogens is 2. The van der Waals surface area contributed by atoms with Crippen LogP contribution in [0.4, 0.5) is 4.39 Å². The van der Waals surface area contributed by atoms with E-state index < -0.39 is 0 Å². The molecule has 0 bridgehead atoms. The highest BCUT2D eigenvalue weighted by Crippen LogP contribution is 2.33. The van der Waals surface area contributed by atoms with Gasteiger partial charge in [-0.2, -0.15) is 0 Å². The molecule has 0 aliphatic heterocycles. The van der Waals surface area contributed by atoms with Gasteiger partial charge < -0.3 is 19.0 Å². The van der Waals surface area contributed by atoms with Crippen LogP contribution in [0.25, 0.3) is 17.1 Å². The van der Waals surface area contributed by atoms with Gasteiger partial charge in [-0.25, -0.2) is 14.4 Å². The molecule has 0 radical (unpaired) electrons. The molecule has 3 aromatic heterocycles. The van der Waals surface area contributed by atoms with Crippen molar-refractivity contribution >= 4 is 28.7 Å². The first-order chi connectivity index (χ1) is 17.5. The Bertz CT molecular complexity index is 1340. The van der Waals surface area contributed by atoms with Crippen LogP contribution in [0.1, 0.15) is 62.5 Å². The number of hydrogen-bond acceptors (Lipinski definition) is 4. The molecule has 0 saturated heterocycles. The fourth-order valence-electron chi connectivity index (χ4n) is 4.07. The van der Waals surface area contributed by atoms with Crippen LogP contribution in [-0.2, 0) is 26.5 Å². The Balaban J connectivity index is 0.000000861. The van der Waals surface area contributed by atoms with Crippen LogP contribution in [0.3, 0.4) is 0 Å². The predicted octanol–water partition coefficient (Wildman–Crippen LogP) is 7.28. The molecule has 192 valence electrons. The van der Waals surface area contributed by atoms with Crippen molar-refractivity contribution in [2.45, 2.75) is 53.6 Å². The predicted molar refractivity (Wildman–Crippen MR) is 144 cm³/mol. The molecule has 5 rings (SSSR count). The van der Waals surface area contributed by atoms with Crippen molar-refractivity contribution in [3.05, 3.63) is 75.8 Å². The molecule has 1 aliphatic carbocycles. The first kappa shape index (κ1) is 27.3. The van der Waals surface area contributed by atoms with E-state index in [1.165, 1.54) is 6.07 Å². The number of aromatic amines is 1. The second-order valence-corrected chi connectivity index (χ2v) is 8.22. The van der Waals surface area contributed by atoms with Crippen LogP contribution in [0.5, 0.6) is 11.5 Å². The summed E-state index contributed by atoms with van der Waals surface area (Å²) in [6.45, 7) is 8.22. The standard InChI is InChI=1S/C24H22ClFN4O2.2C2H6/c1-30-20-6-4-3-5-19(20)29-23(30)13-32-22-10-18(26)14(8-21(22)31-2)7-15-11-27-24-17(15)9-16(25)12-28-24;2*1-2/h4,6,8-12H,3,5,7,13H2,1-2H3,(H,27,28);2*1-2H3. The minimum atomic E-state index is -0.368. The maximum atomic E-state index is 15.0. The van der Waals surface area contributed by atoms with Gasteiger partial charge in [0.25, 0.3) is 0 Å². The van der Waals surface area contributed by atoms with Gasteiger partial charge in [0, 0.05) is 37.3 Å². The lowest BCUT2D eigenvalue weighted by Crippen LogP contribution is -2.06. The van der Waals surface area contributed by atoms with Gasteiger partial charge in [0.05, 0.1) is 23.5 Å². The Kier molecular flexibility index (Phi) is 9.53. The number of nitrogens with zero attached hydrogens (tertiary/aromatic N) is 3. The quantitative estimate of drug-likeness (QED) is 0.295. The Morgan fingerprint density at radius 3 is 2.61 bits per heavy atom. The fourth-order valence-corrected chi connectivity index (χ4v) is 4.23. The maximum absolute atomic E-state index is 15.0. The minimum absolute atomic E-state index is 0.221. The van der Waals surface area contributed by atoms with Crippen molar-refractivity contribution < 1.29 is 13.9 Å². The topological polar surface area (TPSA) is 65.0 Å². The van der Waals surface area contributed by atoms with Gasteiger partial charge in [-0.15, -0.1) is 0 Å². The van der Waals surface area contributed by atoms with E-state index in [4.69, 9.17) is 21.1 Å². The average Bonchev–Trinajstić information content (AvgIpc) is 3.46. The number of nitrogens with one attached hydrogen (secondary N) is 1. The Labute approximate surface area is 217 Å². The van der Waals surface area contributed by atoms with Crippen LogP contribution >= 0.6 is 11.6 Å². The Morgan fingerprint density at radius 2 is 1.89 bits per heavy atom. The molecule has 36 heavy (non-hydrogen) atoms. The number of allylic oxidation sites excluding steroid dienone is 1. The first-order valence-electron chi connectivity index (χ1n) is 12.3. The summed E-state index contributed by atoms with van der Waals surface area (Å²) in [5.41, 5.74) is 4.26. The van der Waals surface area contributed by atoms with Crippen LogP contribution in [0.15, 0.2) is 36.7 Å². The minimum Gasteiger partial charge on any atom is -0.493 e. The van der Waals surface area contributed by atoms with E-state index in [2.05, 4.69) is 27.1 Å². The third-order valence-electron chi connectivity index (χ3n) is 5.79. The zero-order valence-corrected chi connectivity index (χ0v) is 22.5. The molecule has 0 atom stereocenters. The summed E-state index contributed by atoms with van der Waals surface area (Å²) in [5, 5.41) is 1.40. The molecule has 1 N–H and O–H groups in total. The molecule has 0 unspecified atom stereocenters. The number of rotatable bonds is 6. The Morgan fingerprint density at radius 1 is 1.11 bits per heavy atom. The number of methoxy groups -OCH3 is 1. The van der Waals surface area contributed by atoms with Gasteiger partial charge >= 0.3 is 0 Å². The molecule has 0 amide bonds. The maximum Gasteiger partial charge on any atom is 0.164 e. The van der Waals surface area contributed by atoms with Gasteiger partial charge in [0.2, 0.25) is 0 Å². The number of aryl methyl sites for hydroxylation is 1. The van der Waals surface area contributed by atoms with Gasteiger partial charge in [-0.3, -0.25) is 0 Å². The van der Waals surface area contributed by atoms with Gasteiger partial charge in [-0.1, -0.05) is 45.4 Å². The smallest absolute Gasteiger partial charge is 0.164 e. The van der Waals surface area contributed by atoms with Crippen molar-refractivity contribution in [3.8, 4) is 11.5 Å². The summed E-state index contributed by atoms with van der Waals surface area (Å²) < 4.78 is 28.4. The third-order valence-corrected chi connectivity index (χ3v) is 5.99. The van der Waals surface area contributed by atoms with E-state index >= 15 is 4.39 Å². The SMILES string of the molecule is CC.CC.COc1cc(Cc2c[nH]c3ncc(Cl)cc23)c(F)cc1OCc1nc2c(n1C)C=CCC2. The molecule has 1 aliphatic rings. The van der Waals surface area contributed by atoms with E-state index in [9.17, 15) is 0 Å². The summed E-state index contributed by atoms with van der Waals surface area (Å²) in [6.07, 6.45) is 9.89. The van der Waals surface area contributed by atoms with E-state index in [1.807, 2.05) is 51.6 Å². The normalized spacial score (nSPS) is 11.8. The number of hydrogen-bond donors (Lipinski definition) is 1. The number of aromatic nitrogens is 4. The molecule has 0 spiro atoms. The lowest BCUT2D eigenvalue weighted by atomic mass is 10.0. The summed E-state index contributed by atoms with van der Waals surface area (Å²) in [5.74, 6) is 1.23. The number of ether oxygens (including phenoxy) is 2. The van der Waals surface area contributed by atoms with Crippen LogP contribution < -0.4 is 9.47 Å². The third kappa shape index (κ3) is 5.73. The Hall–Kier alpha value is -3.32. The fraction of sp³-hybridized carbons (Fsp3) is 0.357. The number of H-pyrrole nitrogens is 1. The second kappa shape index (κ2) is 12.6. The largest absolute Gasteiger partial charge is 0.493 e. The molecule has 8 heteroatoms. The van der Waals surface area contributed by atoms with E-state index in [1.54, 1.807) is 19.4 Å². The zero-order chi connectivity index (χ0) is 26.2. The molecular weight excluding hydrogens is 479 g/mol. The van der Waals surface area contributed by atoms with Gasteiger partial charge in [-0.05, 0) is 42.2 Å². The van der Waals surface area contributed by atoms with E-state index in [-0.39, 0.29) is 12.4 Å². The van der Waals surface area contributed by atoms with E-state index in [0.717, 1.165) is 41.0 Å². The molecular formula is C28H34ClFN4O2. The molecule has 4 aromatic rings. The molecule has 0 saturated carbocycles. The van der Waals surface area contributed by atoms with Crippen LogP contribution in [-0.4, -0.2) is 26.6 Å². The van der Waals surface area contributed by atoms with Crippen molar-refractivity contribution in [2.24, 2.45) is 7.05 Å². The summed E-state index contributed by atoms with van der Waals surface area (Å²) in [7, 11) is 3.51. The lowest BCUT2D eigenvalue weighted by molar-refractivity contribution is 0.271. The number of imidazole rings is 1. The van der Waals surface area contributed by atoms with Gasteiger partial charge in [0.1, 0.15) is 23.9 Å². The van der Waals surface area contributed by atoms with Crippen molar-refractivity contribution in [1.82, 2.24) is 19.5 Å². The molecule has 6 nitrogen and oxygen atoms in total. The summed E-state index contributed by atoms with van der Waals surface area (Å²) >= 11 is 6.08. The van der Waals surface area contributed by atoms with Crippen LogP contribution in [0.2, 0.25) is 5.02 Å². The number of benzene rings is 1. The van der Waals surface area contributed by atoms with Crippen molar-refractivity contribution in [3.63, 3.8) is 0 Å². The first-order valence-corrected chi connectivity index (χ1v) is 12.7. The molecule has 1 aromatic carbocycles. The highest BCUT2D eigenvalue weighted by Gasteiger charge is 2.18. The monoisotopic (exact) mass is 512 g/mol. The molecule has 3 heterocycles. The van der Waals surface area contributed by atoms with Crippen LogP contribution in [0, 0.1) is 5.82 Å². The number of fused-ring (bicyclic) bond motifs is 2. The number of pyridine rings is 1. The molecule has 0 fully saturated rings. The summed E-state index contributed by atoms with van der Waals surface area (Å²) in [4.78, 5) is 12.0. The van der Waals surface area contributed by atoms with Gasteiger partial charge in [0.15, 0.2) is 11.5 Å².